The van der Waals surface area contributed by atoms with Crippen molar-refractivity contribution in [2.24, 2.45) is 0 Å². The molecule has 0 saturated carbocycles. The van der Waals surface area contributed by atoms with Crippen molar-refractivity contribution in [3.8, 4) is 0 Å². The van der Waals surface area contributed by atoms with Gasteiger partial charge in [0.1, 0.15) is 0 Å². The van der Waals surface area contributed by atoms with E-state index in [0.29, 0.717) is 29.0 Å². The van der Waals surface area contributed by atoms with E-state index < -0.39 is 15.1 Å². The van der Waals surface area contributed by atoms with E-state index in [9.17, 15) is 13.2 Å². The molecule has 0 saturated heterocycles. The summed E-state index contributed by atoms with van der Waals surface area (Å²) >= 11 is 0. The molecule has 1 N–H and O–H groups in total. The van der Waals surface area contributed by atoms with Gasteiger partial charge in [0.05, 0.1) is 22.2 Å². The second kappa shape index (κ2) is 4.86. The van der Waals surface area contributed by atoms with Crippen LogP contribution in [0.2, 0.25) is 0 Å². The molecule has 0 bridgehead atoms. The molecule has 0 spiro atoms. The monoisotopic (exact) mass is 290 g/mol. The Morgan fingerprint density at radius 2 is 1.95 bits per heavy atom. The zero-order valence-corrected chi connectivity index (χ0v) is 11.6. The molecule has 1 atom stereocenters. The van der Waals surface area contributed by atoms with Gasteiger partial charge in [0.15, 0.2) is 9.84 Å². The van der Waals surface area contributed by atoms with E-state index in [0.717, 1.165) is 0 Å². The normalized spacial score (nSPS) is 18.5. The van der Waals surface area contributed by atoms with E-state index in [1.54, 1.807) is 30.3 Å². The summed E-state index contributed by atoms with van der Waals surface area (Å²) in [6.45, 7) is 0. The van der Waals surface area contributed by atoms with Crippen LogP contribution >= 0.6 is 0 Å². The van der Waals surface area contributed by atoms with Crippen molar-refractivity contribution in [1.29, 1.82) is 0 Å². The minimum Gasteiger partial charge on any atom is -0.313 e. The summed E-state index contributed by atoms with van der Waals surface area (Å²) in [7, 11) is -3.40. The fourth-order valence-electron chi connectivity index (χ4n) is 2.59. The Morgan fingerprint density at radius 1 is 1.20 bits per heavy atom. The van der Waals surface area contributed by atoms with Crippen molar-refractivity contribution in [2.45, 2.75) is 29.4 Å². The third-order valence-corrected chi connectivity index (χ3v) is 5.89. The van der Waals surface area contributed by atoms with Gasteiger partial charge in [0.2, 0.25) is 0 Å². The van der Waals surface area contributed by atoms with E-state index in [2.05, 4.69) is 9.97 Å². The molecule has 6 heteroatoms. The summed E-state index contributed by atoms with van der Waals surface area (Å²) in [5, 5.41) is -0.553. The first kappa shape index (κ1) is 13.1. The lowest BCUT2D eigenvalue weighted by Crippen LogP contribution is -2.33. The first-order chi connectivity index (χ1) is 9.59. The molecule has 0 amide bonds. The molecule has 0 fully saturated rings. The number of aromatic nitrogens is 2. The van der Waals surface area contributed by atoms with Crippen LogP contribution in [0.1, 0.15) is 17.7 Å². The molecule has 5 nitrogen and oxygen atoms in total. The fourth-order valence-corrected chi connectivity index (χ4v) is 4.32. The van der Waals surface area contributed by atoms with Gasteiger partial charge >= 0.3 is 0 Å². The number of sulfone groups is 1. The highest BCUT2D eigenvalue weighted by Gasteiger charge is 2.32. The highest BCUT2D eigenvalue weighted by Crippen LogP contribution is 2.26. The van der Waals surface area contributed by atoms with Gasteiger partial charge in [-0.1, -0.05) is 18.2 Å². The van der Waals surface area contributed by atoms with Gasteiger partial charge in [-0.05, 0) is 31.4 Å². The molecule has 104 valence electrons. The first-order valence-corrected chi connectivity index (χ1v) is 7.98. The average Bonchev–Trinajstić information content (AvgIpc) is 2.48. The summed E-state index contributed by atoms with van der Waals surface area (Å²) in [4.78, 5) is 18.7. The van der Waals surface area contributed by atoms with E-state index in [4.69, 9.17) is 0 Å². The average molecular weight is 290 g/mol. The Hall–Kier alpha value is -1.95. The molecule has 1 aliphatic rings. The SMILES string of the molecule is O=c1[nH]cnc2c1CC(S(=O)(=O)c1ccccc1)CC2. The van der Waals surface area contributed by atoms with E-state index >= 15 is 0 Å². The minimum atomic E-state index is -3.40. The second-order valence-corrected chi connectivity index (χ2v) is 7.11. The molecule has 1 heterocycles. The Morgan fingerprint density at radius 3 is 2.70 bits per heavy atom. The first-order valence-electron chi connectivity index (χ1n) is 6.43. The maximum Gasteiger partial charge on any atom is 0.254 e. The fraction of sp³-hybridized carbons (Fsp3) is 0.286. The van der Waals surface area contributed by atoms with Gasteiger partial charge in [-0.15, -0.1) is 0 Å². The van der Waals surface area contributed by atoms with Crippen molar-refractivity contribution in [3.05, 3.63) is 58.3 Å². The van der Waals surface area contributed by atoms with Crippen LogP contribution in [-0.2, 0) is 22.7 Å². The van der Waals surface area contributed by atoms with Crippen molar-refractivity contribution in [1.82, 2.24) is 9.97 Å². The van der Waals surface area contributed by atoms with Crippen LogP contribution < -0.4 is 5.56 Å². The standard InChI is InChI=1S/C14H14N2O3S/c17-14-12-8-11(6-7-13(12)15-9-16-14)20(18,19)10-4-2-1-3-5-10/h1-5,9,11H,6-8H2,(H,15,16,17). The van der Waals surface area contributed by atoms with Gasteiger partial charge in [-0.25, -0.2) is 13.4 Å². The highest BCUT2D eigenvalue weighted by molar-refractivity contribution is 7.92. The highest BCUT2D eigenvalue weighted by atomic mass is 32.2. The lowest BCUT2D eigenvalue weighted by Gasteiger charge is -2.23. The number of aryl methyl sites for hydroxylation is 1. The number of hydrogen-bond acceptors (Lipinski definition) is 4. The predicted octanol–water partition coefficient (Wildman–Crippen LogP) is 1.10. The van der Waals surface area contributed by atoms with Gasteiger partial charge < -0.3 is 4.98 Å². The molecular formula is C14H14N2O3S. The third-order valence-electron chi connectivity index (χ3n) is 3.68. The van der Waals surface area contributed by atoms with Crippen LogP contribution in [0.15, 0.2) is 46.3 Å². The molecule has 1 unspecified atom stereocenters. The molecular weight excluding hydrogens is 276 g/mol. The van der Waals surface area contributed by atoms with Gasteiger partial charge in [0.25, 0.3) is 5.56 Å². The Balaban J connectivity index is 1.99. The molecule has 0 radical (unpaired) electrons. The predicted molar refractivity (Wildman–Crippen MR) is 74.3 cm³/mol. The Labute approximate surface area is 116 Å². The summed E-state index contributed by atoms with van der Waals surface area (Å²) in [5.74, 6) is 0. The molecule has 1 aromatic heterocycles. The van der Waals surface area contributed by atoms with Gasteiger partial charge in [0, 0.05) is 5.56 Å². The van der Waals surface area contributed by atoms with E-state index in [-0.39, 0.29) is 12.0 Å². The van der Waals surface area contributed by atoms with Crippen molar-refractivity contribution < 1.29 is 8.42 Å². The van der Waals surface area contributed by atoms with Crippen molar-refractivity contribution in [3.63, 3.8) is 0 Å². The zero-order valence-electron chi connectivity index (χ0n) is 10.7. The molecule has 1 aliphatic carbocycles. The topological polar surface area (TPSA) is 79.9 Å². The van der Waals surface area contributed by atoms with Gasteiger partial charge in [-0.3, -0.25) is 4.79 Å². The van der Waals surface area contributed by atoms with E-state index in [1.807, 2.05) is 0 Å². The van der Waals surface area contributed by atoms with Crippen molar-refractivity contribution in [2.75, 3.05) is 0 Å². The Kier molecular flexibility index (Phi) is 3.17. The number of benzene rings is 1. The number of H-pyrrole nitrogens is 1. The van der Waals surface area contributed by atoms with Crippen LogP contribution in [0, 0.1) is 0 Å². The van der Waals surface area contributed by atoms with Crippen LogP contribution in [0.5, 0.6) is 0 Å². The maximum atomic E-state index is 12.6. The minimum absolute atomic E-state index is 0.232. The summed E-state index contributed by atoms with van der Waals surface area (Å²) in [6, 6.07) is 8.39. The van der Waals surface area contributed by atoms with Crippen LogP contribution in [0.4, 0.5) is 0 Å². The zero-order chi connectivity index (χ0) is 14.2. The van der Waals surface area contributed by atoms with Gasteiger partial charge in [-0.2, -0.15) is 0 Å². The van der Waals surface area contributed by atoms with E-state index in [1.165, 1.54) is 6.33 Å². The summed E-state index contributed by atoms with van der Waals surface area (Å²) < 4.78 is 25.2. The molecule has 1 aromatic carbocycles. The number of hydrogen-bond donors (Lipinski definition) is 1. The molecule has 20 heavy (non-hydrogen) atoms. The molecule has 2 aromatic rings. The van der Waals surface area contributed by atoms with Crippen LogP contribution in [0.3, 0.4) is 0 Å². The second-order valence-electron chi connectivity index (χ2n) is 4.88. The molecule has 0 aliphatic heterocycles. The van der Waals surface area contributed by atoms with Crippen molar-refractivity contribution >= 4 is 9.84 Å². The molecule has 3 rings (SSSR count). The number of aromatic amines is 1. The quantitative estimate of drug-likeness (QED) is 0.898. The number of nitrogens with zero attached hydrogens (tertiary/aromatic N) is 1. The Bertz CT molecular complexity index is 782. The van der Waals surface area contributed by atoms with Crippen LogP contribution in [-0.4, -0.2) is 23.6 Å². The smallest absolute Gasteiger partial charge is 0.254 e. The largest absolute Gasteiger partial charge is 0.313 e. The summed E-state index contributed by atoms with van der Waals surface area (Å²) in [6.07, 6.45) is 2.62. The number of fused-ring (bicyclic) bond motifs is 1. The lowest BCUT2D eigenvalue weighted by molar-refractivity contribution is 0.557. The van der Waals surface area contributed by atoms with Crippen LogP contribution in [0.25, 0.3) is 0 Å². The number of rotatable bonds is 2. The maximum absolute atomic E-state index is 12.6. The third kappa shape index (κ3) is 2.16. The number of nitrogens with one attached hydrogen (secondary N) is 1. The lowest BCUT2D eigenvalue weighted by atomic mass is 9.97. The summed E-state index contributed by atoms with van der Waals surface area (Å²) in [5.41, 5.74) is 0.986.